The number of nitrogens with zero attached hydrogens (tertiary/aromatic N) is 2. The van der Waals surface area contributed by atoms with Crippen LogP contribution in [-0.4, -0.2) is 64.1 Å². The molecular formula is C36H43N5O7. The van der Waals surface area contributed by atoms with Crippen molar-refractivity contribution < 1.29 is 33.4 Å². The molecule has 12 nitrogen and oxygen atoms in total. The van der Waals surface area contributed by atoms with Crippen molar-refractivity contribution in [2.75, 3.05) is 18.5 Å². The van der Waals surface area contributed by atoms with E-state index in [1.54, 1.807) is 27.7 Å². The van der Waals surface area contributed by atoms with Gasteiger partial charge in [-0.15, -0.1) is 0 Å². The lowest BCUT2D eigenvalue weighted by Crippen LogP contribution is -2.59. The van der Waals surface area contributed by atoms with E-state index in [9.17, 15) is 19.2 Å². The summed E-state index contributed by atoms with van der Waals surface area (Å²) >= 11 is 0. The van der Waals surface area contributed by atoms with Crippen LogP contribution in [0.1, 0.15) is 58.7 Å². The lowest BCUT2D eigenvalue weighted by molar-refractivity contribution is -0.146. The Kier molecular flexibility index (Phi) is 11.6. The van der Waals surface area contributed by atoms with E-state index in [4.69, 9.17) is 14.2 Å². The van der Waals surface area contributed by atoms with Crippen LogP contribution in [0.5, 0.6) is 0 Å². The van der Waals surface area contributed by atoms with Crippen molar-refractivity contribution in [1.29, 1.82) is 0 Å². The molecule has 1 heterocycles. The number of alkyl carbamates (subject to hydrolysis) is 1. The van der Waals surface area contributed by atoms with Gasteiger partial charge in [-0.05, 0) is 69.5 Å². The van der Waals surface area contributed by atoms with E-state index in [0.29, 0.717) is 5.56 Å². The Balaban J connectivity index is 1.53. The van der Waals surface area contributed by atoms with Crippen LogP contribution in [0, 0.1) is 0 Å². The SMILES string of the molecule is CCOC(=O)C(c1ccc2ccccc2c1)n1cc(NC(=O)C(COCc2ccccc2)NC(=O)C(C)(C)NC(=O)OC(C)(C)C)cn1. The van der Waals surface area contributed by atoms with E-state index in [1.165, 1.54) is 30.9 Å². The Morgan fingerprint density at radius 3 is 2.27 bits per heavy atom. The summed E-state index contributed by atoms with van der Waals surface area (Å²) in [6.07, 6.45) is 2.15. The van der Waals surface area contributed by atoms with Gasteiger partial charge in [0.05, 0.1) is 31.7 Å². The molecule has 2 unspecified atom stereocenters. The summed E-state index contributed by atoms with van der Waals surface area (Å²) in [6, 6.07) is 20.8. The van der Waals surface area contributed by atoms with Crippen molar-refractivity contribution in [1.82, 2.24) is 20.4 Å². The molecule has 48 heavy (non-hydrogen) atoms. The maximum absolute atomic E-state index is 13.6. The van der Waals surface area contributed by atoms with Gasteiger partial charge in [-0.2, -0.15) is 5.10 Å². The van der Waals surface area contributed by atoms with Gasteiger partial charge in [0.15, 0.2) is 6.04 Å². The van der Waals surface area contributed by atoms with Gasteiger partial charge in [-0.1, -0.05) is 66.7 Å². The van der Waals surface area contributed by atoms with Crippen LogP contribution < -0.4 is 16.0 Å². The number of ether oxygens (including phenoxy) is 3. The third-order valence-corrected chi connectivity index (χ3v) is 7.13. The zero-order valence-electron chi connectivity index (χ0n) is 28.1. The topological polar surface area (TPSA) is 150 Å². The highest BCUT2D eigenvalue weighted by molar-refractivity contribution is 5.99. The Bertz CT molecular complexity index is 1730. The van der Waals surface area contributed by atoms with Crippen molar-refractivity contribution in [3.63, 3.8) is 0 Å². The van der Waals surface area contributed by atoms with Gasteiger partial charge in [0.2, 0.25) is 11.8 Å². The first-order valence-corrected chi connectivity index (χ1v) is 15.7. The molecule has 3 aromatic carbocycles. The van der Waals surface area contributed by atoms with E-state index in [2.05, 4.69) is 21.0 Å². The van der Waals surface area contributed by atoms with Crippen molar-refractivity contribution in [2.24, 2.45) is 0 Å². The summed E-state index contributed by atoms with van der Waals surface area (Å²) in [4.78, 5) is 52.5. The summed E-state index contributed by atoms with van der Waals surface area (Å²) in [5, 5.41) is 14.3. The Morgan fingerprint density at radius 1 is 0.896 bits per heavy atom. The van der Waals surface area contributed by atoms with E-state index >= 15 is 0 Å². The highest BCUT2D eigenvalue weighted by Gasteiger charge is 2.35. The lowest BCUT2D eigenvalue weighted by Gasteiger charge is -2.29. The van der Waals surface area contributed by atoms with Gasteiger partial charge in [0.25, 0.3) is 0 Å². The maximum Gasteiger partial charge on any atom is 0.408 e. The van der Waals surface area contributed by atoms with Crippen LogP contribution in [0.4, 0.5) is 10.5 Å². The van der Waals surface area contributed by atoms with Gasteiger partial charge in [-0.3, -0.25) is 14.3 Å². The number of carbonyl (C=O) groups is 4. The molecule has 1 aromatic heterocycles. The number of hydrogen-bond acceptors (Lipinski definition) is 8. The zero-order valence-corrected chi connectivity index (χ0v) is 28.1. The number of amides is 3. The molecule has 12 heteroatoms. The van der Waals surface area contributed by atoms with Gasteiger partial charge >= 0.3 is 12.1 Å². The highest BCUT2D eigenvalue weighted by atomic mass is 16.6. The summed E-state index contributed by atoms with van der Waals surface area (Å²) in [7, 11) is 0. The number of aromatic nitrogens is 2. The first kappa shape index (κ1) is 35.6. The number of hydrogen-bond donors (Lipinski definition) is 3. The molecule has 3 amide bonds. The number of anilines is 1. The largest absolute Gasteiger partial charge is 0.464 e. The van der Waals surface area contributed by atoms with E-state index in [-0.39, 0.29) is 25.5 Å². The van der Waals surface area contributed by atoms with Crippen molar-refractivity contribution in [2.45, 2.75) is 71.4 Å². The average molecular weight is 658 g/mol. The van der Waals surface area contributed by atoms with Crippen LogP contribution in [-0.2, 0) is 35.2 Å². The van der Waals surface area contributed by atoms with Gasteiger partial charge in [0, 0.05) is 6.20 Å². The second kappa shape index (κ2) is 15.6. The Hall–Kier alpha value is -5.23. The molecule has 0 aliphatic heterocycles. The van der Waals surface area contributed by atoms with Crippen LogP contribution in [0.2, 0.25) is 0 Å². The summed E-state index contributed by atoms with van der Waals surface area (Å²) in [6.45, 7) is 10.1. The van der Waals surface area contributed by atoms with Crippen molar-refractivity contribution >= 4 is 40.3 Å². The summed E-state index contributed by atoms with van der Waals surface area (Å²) in [5.74, 6) is -1.73. The third-order valence-electron chi connectivity index (χ3n) is 7.13. The molecular weight excluding hydrogens is 614 g/mol. The monoisotopic (exact) mass is 657 g/mol. The quantitative estimate of drug-likeness (QED) is 0.168. The van der Waals surface area contributed by atoms with Crippen molar-refractivity contribution in [3.05, 3.63) is 96.3 Å². The van der Waals surface area contributed by atoms with Gasteiger partial charge in [-0.25, -0.2) is 9.59 Å². The molecule has 0 fully saturated rings. The molecule has 0 aliphatic carbocycles. The van der Waals surface area contributed by atoms with Crippen molar-refractivity contribution in [3.8, 4) is 0 Å². The molecule has 3 N–H and O–H groups in total. The normalized spacial score (nSPS) is 12.9. The molecule has 4 rings (SSSR count). The molecule has 0 radical (unpaired) electrons. The number of benzene rings is 3. The predicted octanol–water partition coefficient (Wildman–Crippen LogP) is 5.13. The number of esters is 1. The van der Waals surface area contributed by atoms with Crippen LogP contribution >= 0.6 is 0 Å². The van der Waals surface area contributed by atoms with E-state index < -0.39 is 47.1 Å². The van der Waals surface area contributed by atoms with Crippen LogP contribution in [0.3, 0.4) is 0 Å². The fraction of sp³-hybridized carbons (Fsp3) is 0.361. The molecule has 0 saturated heterocycles. The number of nitrogens with one attached hydrogen (secondary N) is 3. The minimum atomic E-state index is -1.43. The predicted molar refractivity (Wildman–Crippen MR) is 181 cm³/mol. The second-order valence-electron chi connectivity index (χ2n) is 12.7. The van der Waals surface area contributed by atoms with Gasteiger partial charge in [0.1, 0.15) is 17.2 Å². The highest BCUT2D eigenvalue weighted by Crippen LogP contribution is 2.25. The van der Waals surface area contributed by atoms with E-state index in [1.807, 2.05) is 72.8 Å². The molecule has 0 aliphatic rings. The fourth-order valence-electron chi connectivity index (χ4n) is 4.78. The second-order valence-corrected chi connectivity index (χ2v) is 12.7. The zero-order chi connectivity index (χ0) is 34.9. The maximum atomic E-state index is 13.6. The van der Waals surface area contributed by atoms with E-state index in [0.717, 1.165) is 16.3 Å². The van der Waals surface area contributed by atoms with Crippen LogP contribution in [0.25, 0.3) is 10.8 Å². The minimum absolute atomic E-state index is 0.175. The molecule has 0 spiro atoms. The first-order valence-electron chi connectivity index (χ1n) is 15.7. The first-order chi connectivity index (χ1) is 22.8. The smallest absolute Gasteiger partial charge is 0.408 e. The molecule has 254 valence electrons. The average Bonchev–Trinajstić information content (AvgIpc) is 3.47. The number of fused-ring (bicyclic) bond motifs is 1. The Labute approximate surface area is 280 Å². The Morgan fingerprint density at radius 2 is 1.58 bits per heavy atom. The van der Waals surface area contributed by atoms with Crippen LogP contribution in [0.15, 0.2) is 85.2 Å². The van der Waals surface area contributed by atoms with Gasteiger partial charge < -0.3 is 30.2 Å². The fourth-order valence-corrected chi connectivity index (χ4v) is 4.78. The molecule has 2 atom stereocenters. The lowest BCUT2D eigenvalue weighted by atomic mass is 10.0. The number of carbonyl (C=O) groups excluding carboxylic acids is 4. The molecule has 4 aromatic rings. The summed E-state index contributed by atoms with van der Waals surface area (Å²) in [5.41, 5.74) is -0.376. The standard InChI is InChI=1S/C36H43N5O7/c1-7-47-32(43)30(27-18-17-25-15-11-12-16-26(25)19-27)41-21-28(20-37-41)38-31(42)29(23-46-22-24-13-9-8-10-14-24)39-33(44)36(5,6)40-34(45)48-35(2,3)4/h8-21,29-30H,7,22-23H2,1-6H3,(H,38,42)(H,39,44)(H,40,45). The molecule has 0 saturated carbocycles. The summed E-state index contributed by atoms with van der Waals surface area (Å²) < 4.78 is 17.9. The number of rotatable bonds is 13. The minimum Gasteiger partial charge on any atom is -0.464 e. The molecule has 0 bridgehead atoms. The third kappa shape index (κ3) is 9.88.